The molecule has 1 aromatic heterocycles. The van der Waals surface area contributed by atoms with Crippen LogP contribution in [0.3, 0.4) is 0 Å². The van der Waals surface area contributed by atoms with Crippen LogP contribution in [0, 0.1) is 0 Å². The number of carboxylic acid groups (broad SMARTS) is 1. The van der Waals surface area contributed by atoms with Gasteiger partial charge in [-0.25, -0.2) is 9.78 Å². The Morgan fingerprint density at radius 3 is 2.75 bits per heavy atom. The zero-order chi connectivity index (χ0) is 14.4. The van der Waals surface area contributed by atoms with E-state index in [1.54, 1.807) is 5.38 Å². The Morgan fingerprint density at radius 2 is 2.15 bits per heavy atom. The lowest BCUT2D eigenvalue weighted by Crippen LogP contribution is -2.01. The summed E-state index contributed by atoms with van der Waals surface area (Å²) >= 11 is 1.13. The van der Waals surface area contributed by atoms with Crippen molar-refractivity contribution in [2.75, 3.05) is 11.9 Å². The lowest BCUT2D eigenvalue weighted by atomic mass is 10.3. The van der Waals surface area contributed by atoms with Gasteiger partial charge in [0.05, 0.1) is 18.8 Å². The van der Waals surface area contributed by atoms with E-state index in [1.807, 2.05) is 24.3 Å². The predicted molar refractivity (Wildman–Crippen MR) is 78.6 cm³/mol. The standard InChI is InChI=1S/C14H16N2O3S/c1-2-7-19-12-5-3-10(4-6-12)15-8-11-9-20-13(16-11)14(17)18/h3-6,9,15H,2,7-8H2,1H3,(H,17,18). The van der Waals surface area contributed by atoms with Crippen molar-refractivity contribution in [3.63, 3.8) is 0 Å². The normalized spacial score (nSPS) is 10.2. The Labute approximate surface area is 121 Å². The molecule has 106 valence electrons. The van der Waals surface area contributed by atoms with E-state index in [0.717, 1.165) is 34.9 Å². The van der Waals surface area contributed by atoms with Crippen LogP contribution in [0.4, 0.5) is 5.69 Å². The van der Waals surface area contributed by atoms with Crippen molar-refractivity contribution < 1.29 is 14.6 Å². The van der Waals surface area contributed by atoms with Crippen LogP contribution >= 0.6 is 11.3 Å². The molecule has 2 N–H and O–H groups in total. The second-order valence-electron chi connectivity index (χ2n) is 4.18. The molecule has 20 heavy (non-hydrogen) atoms. The Morgan fingerprint density at radius 1 is 1.40 bits per heavy atom. The number of carbonyl (C=O) groups is 1. The van der Waals surface area contributed by atoms with E-state index in [2.05, 4.69) is 17.2 Å². The molecule has 0 amide bonds. The molecule has 0 aliphatic heterocycles. The molecule has 0 aliphatic rings. The summed E-state index contributed by atoms with van der Waals surface area (Å²) in [6, 6.07) is 7.66. The van der Waals surface area contributed by atoms with E-state index >= 15 is 0 Å². The molecule has 0 saturated carbocycles. The summed E-state index contributed by atoms with van der Waals surface area (Å²) in [5.41, 5.74) is 1.66. The lowest BCUT2D eigenvalue weighted by Gasteiger charge is -2.07. The molecule has 0 aliphatic carbocycles. The van der Waals surface area contributed by atoms with Gasteiger partial charge in [0, 0.05) is 11.1 Å². The van der Waals surface area contributed by atoms with Crippen LogP contribution in [0.1, 0.15) is 28.8 Å². The number of thiazole rings is 1. The van der Waals surface area contributed by atoms with Crippen molar-refractivity contribution in [1.82, 2.24) is 4.98 Å². The summed E-state index contributed by atoms with van der Waals surface area (Å²) in [5, 5.41) is 13.9. The number of carboxylic acids is 1. The highest BCUT2D eigenvalue weighted by Gasteiger charge is 2.08. The maximum Gasteiger partial charge on any atom is 0.365 e. The average molecular weight is 292 g/mol. The number of aromatic nitrogens is 1. The molecular weight excluding hydrogens is 276 g/mol. The number of nitrogens with zero attached hydrogens (tertiary/aromatic N) is 1. The van der Waals surface area contributed by atoms with Gasteiger partial charge in [-0.05, 0) is 30.7 Å². The quantitative estimate of drug-likeness (QED) is 0.819. The zero-order valence-electron chi connectivity index (χ0n) is 11.1. The van der Waals surface area contributed by atoms with Crippen molar-refractivity contribution in [3.8, 4) is 5.75 Å². The van der Waals surface area contributed by atoms with Crippen molar-refractivity contribution in [2.24, 2.45) is 0 Å². The molecule has 0 bridgehead atoms. The van der Waals surface area contributed by atoms with E-state index in [-0.39, 0.29) is 5.01 Å². The monoisotopic (exact) mass is 292 g/mol. The molecule has 5 nitrogen and oxygen atoms in total. The van der Waals surface area contributed by atoms with E-state index in [1.165, 1.54) is 0 Å². The van der Waals surface area contributed by atoms with Gasteiger partial charge < -0.3 is 15.2 Å². The highest BCUT2D eigenvalue weighted by Crippen LogP contribution is 2.17. The Hall–Kier alpha value is -2.08. The predicted octanol–water partition coefficient (Wildman–Crippen LogP) is 3.24. The fourth-order valence-corrected chi connectivity index (χ4v) is 2.22. The van der Waals surface area contributed by atoms with Gasteiger partial charge >= 0.3 is 5.97 Å². The molecule has 6 heteroatoms. The Kier molecular flexibility index (Phi) is 4.95. The fraction of sp³-hybridized carbons (Fsp3) is 0.286. The second-order valence-corrected chi connectivity index (χ2v) is 5.03. The zero-order valence-corrected chi connectivity index (χ0v) is 11.9. The fourth-order valence-electron chi connectivity index (χ4n) is 1.57. The van der Waals surface area contributed by atoms with Crippen LogP contribution in [0.15, 0.2) is 29.6 Å². The average Bonchev–Trinajstić information content (AvgIpc) is 2.93. The van der Waals surface area contributed by atoms with Crippen molar-refractivity contribution >= 4 is 23.0 Å². The van der Waals surface area contributed by atoms with E-state index in [9.17, 15) is 4.79 Å². The summed E-state index contributed by atoms with van der Waals surface area (Å²) in [6.45, 7) is 3.28. The molecule has 2 rings (SSSR count). The molecule has 0 spiro atoms. The molecule has 0 atom stereocenters. The van der Waals surface area contributed by atoms with Gasteiger partial charge in [0.2, 0.25) is 5.01 Å². The Balaban J connectivity index is 1.88. The van der Waals surface area contributed by atoms with E-state index in [0.29, 0.717) is 13.2 Å². The molecule has 1 aromatic carbocycles. The summed E-state index contributed by atoms with van der Waals surface area (Å²) in [4.78, 5) is 14.7. The number of anilines is 1. The molecule has 0 saturated heterocycles. The third-order valence-corrected chi connectivity index (χ3v) is 3.41. The number of hydrogen-bond acceptors (Lipinski definition) is 5. The van der Waals surface area contributed by atoms with E-state index in [4.69, 9.17) is 9.84 Å². The van der Waals surface area contributed by atoms with Crippen LogP contribution in [0.2, 0.25) is 0 Å². The molecule has 0 radical (unpaired) electrons. The van der Waals surface area contributed by atoms with Crippen molar-refractivity contribution in [3.05, 3.63) is 40.3 Å². The minimum Gasteiger partial charge on any atom is -0.494 e. The van der Waals surface area contributed by atoms with Crippen LogP contribution in [0.25, 0.3) is 0 Å². The number of hydrogen-bond donors (Lipinski definition) is 2. The number of ether oxygens (including phenoxy) is 1. The second kappa shape index (κ2) is 6.91. The first kappa shape index (κ1) is 14.3. The van der Waals surface area contributed by atoms with Gasteiger partial charge in [0.25, 0.3) is 0 Å². The minimum absolute atomic E-state index is 0.116. The van der Waals surface area contributed by atoms with E-state index < -0.39 is 5.97 Å². The van der Waals surface area contributed by atoms with Crippen molar-refractivity contribution in [2.45, 2.75) is 19.9 Å². The molecule has 0 fully saturated rings. The van der Waals surface area contributed by atoms with Crippen LogP contribution < -0.4 is 10.1 Å². The maximum atomic E-state index is 10.7. The summed E-state index contributed by atoms with van der Waals surface area (Å²) in [6.07, 6.45) is 0.982. The van der Waals surface area contributed by atoms with Gasteiger partial charge in [-0.1, -0.05) is 6.92 Å². The SMILES string of the molecule is CCCOc1ccc(NCc2csc(C(=O)O)n2)cc1. The van der Waals surface area contributed by atoms with Crippen LogP contribution in [-0.2, 0) is 6.54 Å². The topological polar surface area (TPSA) is 71.5 Å². The summed E-state index contributed by atoms with van der Waals surface area (Å²) < 4.78 is 5.50. The highest BCUT2D eigenvalue weighted by atomic mass is 32.1. The van der Waals surface area contributed by atoms with Gasteiger partial charge in [-0.3, -0.25) is 0 Å². The Bertz CT molecular complexity index is 566. The largest absolute Gasteiger partial charge is 0.494 e. The smallest absolute Gasteiger partial charge is 0.365 e. The minimum atomic E-state index is -0.987. The molecule has 0 unspecified atom stereocenters. The van der Waals surface area contributed by atoms with Gasteiger partial charge in [0.1, 0.15) is 5.75 Å². The van der Waals surface area contributed by atoms with Crippen molar-refractivity contribution in [1.29, 1.82) is 0 Å². The molecular formula is C14H16N2O3S. The third-order valence-electron chi connectivity index (χ3n) is 2.54. The number of aromatic carboxylic acids is 1. The molecule has 2 aromatic rings. The first-order valence-corrected chi connectivity index (χ1v) is 7.21. The number of rotatable bonds is 7. The van der Waals surface area contributed by atoms with Gasteiger partial charge in [-0.2, -0.15) is 0 Å². The third kappa shape index (κ3) is 3.96. The molecule has 1 heterocycles. The highest BCUT2D eigenvalue weighted by molar-refractivity contribution is 7.11. The number of benzene rings is 1. The van der Waals surface area contributed by atoms with Gasteiger partial charge in [-0.15, -0.1) is 11.3 Å². The first-order valence-electron chi connectivity index (χ1n) is 6.33. The summed E-state index contributed by atoms with van der Waals surface area (Å²) in [7, 11) is 0. The lowest BCUT2D eigenvalue weighted by molar-refractivity contribution is 0.0696. The maximum absolute atomic E-state index is 10.7. The van der Waals surface area contributed by atoms with Crippen LogP contribution in [-0.4, -0.2) is 22.7 Å². The van der Waals surface area contributed by atoms with Gasteiger partial charge in [0.15, 0.2) is 0 Å². The van der Waals surface area contributed by atoms with Crippen LogP contribution in [0.5, 0.6) is 5.75 Å². The number of nitrogens with one attached hydrogen (secondary N) is 1. The summed E-state index contributed by atoms with van der Waals surface area (Å²) in [5.74, 6) is -0.141. The first-order chi connectivity index (χ1) is 9.69.